The molecule has 1 heterocycles. The van der Waals surface area contributed by atoms with E-state index >= 15 is 0 Å². The number of likely N-dealkylation sites (tertiary alicyclic amines) is 1. The van der Waals surface area contributed by atoms with Gasteiger partial charge in [0.15, 0.2) is 0 Å². The number of carbonyl (C=O) groups is 3. The fourth-order valence-electron chi connectivity index (χ4n) is 2.21. The minimum atomic E-state index is -1.42. The predicted molar refractivity (Wildman–Crippen MR) is 75.0 cm³/mol. The molecule has 2 amide bonds. The van der Waals surface area contributed by atoms with Gasteiger partial charge in [-0.2, -0.15) is 0 Å². The lowest BCUT2D eigenvalue weighted by Crippen LogP contribution is -2.50. The van der Waals surface area contributed by atoms with Crippen LogP contribution in [0.25, 0.3) is 0 Å². The third kappa shape index (κ3) is 5.99. The number of nitrogens with one attached hydrogen (secondary N) is 2. The van der Waals surface area contributed by atoms with E-state index in [-0.39, 0.29) is 5.41 Å². The quantitative estimate of drug-likeness (QED) is 0.546. The zero-order valence-electron chi connectivity index (χ0n) is 12.4. The van der Waals surface area contributed by atoms with E-state index in [9.17, 15) is 14.4 Å². The van der Waals surface area contributed by atoms with Crippen LogP contribution < -0.4 is 10.6 Å². The Morgan fingerprint density at radius 3 is 2.29 bits per heavy atom. The molecule has 0 aromatic carbocycles. The lowest BCUT2D eigenvalue weighted by atomic mass is 9.80. The van der Waals surface area contributed by atoms with Crippen LogP contribution >= 0.6 is 0 Å². The topological polar surface area (TPSA) is 119 Å². The summed E-state index contributed by atoms with van der Waals surface area (Å²) in [5.74, 6) is -2.64. The first kappa shape index (κ1) is 17.2. The first-order valence-electron chi connectivity index (χ1n) is 6.89. The Hall–Kier alpha value is -1.83. The van der Waals surface area contributed by atoms with Crippen LogP contribution in [0.15, 0.2) is 0 Å². The van der Waals surface area contributed by atoms with Gasteiger partial charge in [0.1, 0.15) is 6.04 Å². The SMILES string of the molecule is CN1CCC(C)(CNC(=O)N[C@@H](CC(=O)O)C(=O)O)CC1. The number of carbonyl (C=O) groups excluding carboxylic acids is 1. The average Bonchev–Trinajstić information content (AvgIpc) is 2.39. The van der Waals surface area contributed by atoms with E-state index in [1.165, 1.54) is 0 Å². The van der Waals surface area contributed by atoms with Gasteiger partial charge in [0.2, 0.25) is 0 Å². The number of piperidine rings is 1. The van der Waals surface area contributed by atoms with Crippen LogP contribution in [0.3, 0.4) is 0 Å². The van der Waals surface area contributed by atoms with Crippen molar-refractivity contribution in [1.82, 2.24) is 15.5 Å². The maximum absolute atomic E-state index is 11.7. The second kappa shape index (κ2) is 7.26. The third-order valence-electron chi connectivity index (χ3n) is 3.85. The zero-order valence-corrected chi connectivity index (χ0v) is 12.4. The molecule has 1 fully saturated rings. The van der Waals surface area contributed by atoms with Crippen molar-refractivity contribution in [3.63, 3.8) is 0 Å². The number of hydrogen-bond donors (Lipinski definition) is 4. The molecular formula is C13H23N3O5. The van der Waals surface area contributed by atoms with Gasteiger partial charge in [-0.25, -0.2) is 9.59 Å². The van der Waals surface area contributed by atoms with Gasteiger partial charge in [-0.05, 0) is 38.4 Å². The summed E-state index contributed by atoms with van der Waals surface area (Å²) < 4.78 is 0. The summed E-state index contributed by atoms with van der Waals surface area (Å²) in [4.78, 5) is 35.3. The minimum absolute atomic E-state index is 0.0185. The van der Waals surface area contributed by atoms with Gasteiger partial charge in [0, 0.05) is 6.54 Å². The molecule has 0 saturated carbocycles. The largest absolute Gasteiger partial charge is 0.481 e. The number of carboxylic acids is 2. The first-order chi connectivity index (χ1) is 9.72. The molecule has 8 heteroatoms. The number of aliphatic carboxylic acids is 2. The van der Waals surface area contributed by atoms with Gasteiger partial charge >= 0.3 is 18.0 Å². The van der Waals surface area contributed by atoms with E-state index in [1.54, 1.807) is 0 Å². The Bertz CT molecular complexity index is 405. The van der Waals surface area contributed by atoms with Crippen LogP contribution in [0.2, 0.25) is 0 Å². The molecule has 0 radical (unpaired) electrons. The molecule has 0 bridgehead atoms. The lowest BCUT2D eigenvalue weighted by molar-refractivity contribution is -0.145. The summed E-state index contributed by atoms with van der Waals surface area (Å²) in [5, 5.41) is 22.3. The smallest absolute Gasteiger partial charge is 0.326 e. The molecule has 0 aliphatic carbocycles. The molecule has 120 valence electrons. The van der Waals surface area contributed by atoms with Crippen molar-refractivity contribution >= 4 is 18.0 Å². The Kier molecular flexibility index (Phi) is 5.95. The molecular weight excluding hydrogens is 278 g/mol. The van der Waals surface area contributed by atoms with Crippen molar-refractivity contribution < 1.29 is 24.6 Å². The van der Waals surface area contributed by atoms with E-state index in [0.717, 1.165) is 25.9 Å². The monoisotopic (exact) mass is 301 g/mol. The van der Waals surface area contributed by atoms with Gasteiger partial charge in [-0.3, -0.25) is 4.79 Å². The standard InChI is InChI=1S/C13H23N3O5/c1-13(3-5-16(2)6-4-13)8-14-12(21)15-9(11(19)20)7-10(17)18/h9H,3-8H2,1-2H3,(H,17,18)(H,19,20)(H2,14,15,21)/t9-/m0/s1. The highest BCUT2D eigenvalue weighted by Crippen LogP contribution is 2.29. The van der Waals surface area contributed by atoms with Crippen LogP contribution in [0.5, 0.6) is 0 Å². The van der Waals surface area contributed by atoms with Crippen LogP contribution in [-0.2, 0) is 9.59 Å². The van der Waals surface area contributed by atoms with Crippen LogP contribution in [0, 0.1) is 5.41 Å². The molecule has 21 heavy (non-hydrogen) atoms. The molecule has 8 nitrogen and oxygen atoms in total. The Labute approximate surface area is 123 Å². The molecule has 0 unspecified atom stereocenters. The fraction of sp³-hybridized carbons (Fsp3) is 0.769. The summed E-state index contributed by atoms with van der Waals surface area (Å²) in [5.41, 5.74) is -0.0185. The molecule has 1 atom stereocenters. The maximum Gasteiger partial charge on any atom is 0.326 e. The lowest BCUT2D eigenvalue weighted by Gasteiger charge is -2.38. The summed E-state index contributed by atoms with van der Waals surface area (Å²) in [6, 6.07) is -2.07. The molecule has 0 aromatic heterocycles. The first-order valence-corrected chi connectivity index (χ1v) is 6.89. The molecule has 0 aromatic rings. The number of rotatable bonds is 6. The van der Waals surface area contributed by atoms with Crippen molar-refractivity contribution in [2.75, 3.05) is 26.7 Å². The molecule has 1 saturated heterocycles. The highest BCUT2D eigenvalue weighted by Gasteiger charge is 2.30. The number of carboxylic acid groups (broad SMARTS) is 2. The highest BCUT2D eigenvalue weighted by atomic mass is 16.4. The Morgan fingerprint density at radius 1 is 1.24 bits per heavy atom. The van der Waals surface area contributed by atoms with Crippen LogP contribution in [0.4, 0.5) is 4.79 Å². The summed E-state index contributed by atoms with van der Waals surface area (Å²) in [6.07, 6.45) is 1.24. The molecule has 1 aliphatic rings. The van der Waals surface area contributed by atoms with Gasteiger partial charge < -0.3 is 25.7 Å². The van der Waals surface area contributed by atoms with E-state index in [1.807, 2.05) is 7.05 Å². The predicted octanol–water partition coefficient (Wildman–Crippen LogP) is -0.0546. The normalized spacial score (nSPS) is 19.5. The van der Waals surface area contributed by atoms with Gasteiger partial charge in [0.25, 0.3) is 0 Å². The number of urea groups is 1. The number of nitrogens with zero attached hydrogens (tertiary/aromatic N) is 1. The fourth-order valence-corrected chi connectivity index (χ4v) is 2.21. The molecule has 4 N–H and O–H groups in total. The second-order valence-electron chi connectivity index (χ2n) is 5.93. The van der Waals surface area contributed by atoms with Crippen molar-refractivity contribution in [2.24, 2.45) is 5.41 Å². The summed E-state index contributed by atoms with van der Waals surface area (Å²) >= 11 is 0. The van der Waals surface area contributed by atoms with Crippen molar-refractivity contribution in [1.29, 1.82) is 0 Å². The van der Waals surface area contributed by atoms with Crippen molar-refractivity contribution in [3.05, 3.63) is 0 Å². The van der Waals surface area contributed by atoms with E-state index in [4.69, 9.17) is 10.2 Å². The van der Waals surface area contributed by atoms with E-state index < -0.39 is 30.4 Å². The summed E-state index contributed by atoms with van der Waals surface area (Å²) in [7, 11) is 2.04. The van der Waals surface area contributed by atoms with Crippen molar-refractivity contribution in [2.45, 2.75) is 32.2 Å². The Morgan fingerprint density at radius 2 is 1.81 bits per heavy atom. The van der Waals surface area contributed by atoms with E-state index in [2.05, 4.69) is 22.5 Å². The Balaban J connectivity index is 2.42. The second-order valence-corrected chi connectivity index (χ2v) is 5.93. The molecule has 0 spiro atoms. The number of hydrogen-bond acceptors (Lipinski definition) is 4. The van der Waals surface area contributed by atoms with Crippen molar-refractivity contribution in [3.8, 4) is 0 Å². The highest BCUT2D eigenvalue weighted by molar-refractivity contribution is 5.86. The molecule has 1 rings (SSSR count). The van der Waals surface area contributed by atoms with Crippen LogP contribution in [0.1, 0.15) is 26.2 Å². The maximum atomic E-state index is 11.7. The summed E-state index contributed by atoms with van der Waals surface area (Å²) in [6.45, 7) is 4.42. The zero-order chi connectivity index (χ0) is 16.0. The van der Waals surface area contributed by atoms with Gasteiger partial charge in [-0.15, -0.1) is 0 Å². The van der Waals surface area contributed by atoms with Gasteiger partial charge in [-0.1, -0.05) is 6.92 Å². The third-order valence-corrected chi connectivity index (χ3v) is 3.85. The minimum Gasteiger partial charge on any atom is -0.481 e. The van der Waals surface area contributed by atoms with Crippen LogP contribution in [-0.4, -0.2) is 65.8 Å². The molecule has 1 aliphatic heterocycles. The van der Waals surface area contributed by atoms with E-state index in [0.29, 0.717) is 6.54 Å². The average molecular weight is 301 g/mol. The number of amides is 2. The van der Waals surface area contributed by atoms with Gasteiger partial charge in [0.05, 0.1) is 6.42 Å².